The Kier molecular flexibility index (Phi) is 6.70. The summed E-state index contributed by atoms with van der Waals surface area (Å²) in [7, 11) is 1.60. The van der Waals surface area contributed by atoms with E-state index in [1.54, 1.807) is 31.4 Å². The predicted molar refractivity (Wildman–Crippen MR) is 118 cm³/mol. The maximum Gasteiger partial charge on any atom is 0.339 e. The minimum absolute atomic E-state index is 0.166. The molecular formula is C25H26O6. The average molecular weight is 422 g/mol. The van der Waals surface area contributed by atoms with Gasteiger partial charge in [0.25, 0.3) is 0 Å². The molecular weight excluding hydrogens is 396 g/mol. The van der Waals surface area contributed by atoms with Crippen molar-refractivity contribution < 1.29 is 29.2 Å². The summed E-state index contributed by atoms with van der Waals surface area (Å²) in [5.74, 6) is 0.293. The van der Waals surface area contributed by atoms with Crippen LogP contribution in [0.1, 0.15) is 35.3 Å². The quantitative estimate of drug-likeness (QED) is 0.478. The number of carbonyl (C=O) groups is 1. The van der Waals surface area contributed by atoms with Crippen molar-refractivity contribution in [1.29, 1.82) is 0 Å². The van der Waals surface area contributed by atoms with Crippen molar-refractivity contribution in [3.8, 4) is 23.0 Å². The maximum absolute atomic E-state index is 11.6. The Morgan fingerprint density at radius 1 is 0.903 bits per heavy atom. The SMILES string of the molecule is COc1ccc(OCCOc2cc(O)c(C(=O)O)cc2C(C)(C)c2ccccc2)cc1. The number of phenols is 1. The van der Waals surface area contributed by atoms with Gasteiger partial charge in [-0.15, -0.1) is 0 Å². The molecule has 0 amide bonds. The van der Waals surface area contributed by atoms with Crippen molar-refractivity contribution in [3.05, 3.63) is 83.4 Å². The number of carboxylic acid groups (broad SMARTS) is 1. The molecule has 2 N–H and O–H groups in total. The van der Waals surface area contributed by atoms with Gasteiger partial charge in [-0.05, 0) is 35.9 Å². The second-order valence-corrected chi connectivity index (χ2v) is 7.53. The van der Waals surface area contributed by atoms with Crippen LogP contribution in [0.3, 0.4) is 0 Å². The van der Waals surface area contributed by atoms with E-state index in [2.05, 4.69) is 0 Å². The maximum atomic E-state index is 11.6. The van der Waals surface area contributed by atoms with Gasteiger partial charge in [-0.2, -0.15) is 0 Å². The minimum atomic E-state index is -1.20. The molecule has 0 spiro atoms. The second-order valence-electron chi connectivity index (χ2n) is 7.53. The molecule has 162 valence electrons. The molecule has 0 fully saturated rings. The third-order valence-corrected chi connectivity index (χ3v) is 5.17. The molecule has 0 aliphatic rings. The summed E-state index contributed by atoms with van der Waals surface area (Å²) in [5.41, 5.74) is 0.946. The molecule has 0 aromatic heterocycles. The molecule has 0 atom stereocenters. The first-order valence-electron chi connectivity index (χ1n) is 9.89. The fourth-order valence-electron chi connectivity index (χ4n) is 3.34. The largest absolute Gasteiger partial charge is 0.507 e. The van der Waals surface area contributed by atoms with Crippen LogP contribution in [0, 0.1) is 0 Å². The van der Waals surface area contributed by atoms with Crippen LogP contribution in [0.15, 0.2) is 66.7 Å². The van der Waals surface area contributed by atoms with E-state index in [9.17, 15) is 15.0 Å². The molecule has 6 heteroatoms. The van der Waals surface area contributed by atoms with Crippen LogP contribution in [0.5, 0.6) is 23.0 Å². The summed E-state index contributed by atoms with van der Waals surface area (Å²) in [6, 6.07) is 19.8. The molecule has 6 nitrogen and oxygen atoms in total. The molecule has 0 heterocycles. The number of carboxylic acids is 1. The van der Waals surface area contributed by atoms with E-state index >= 15 is 0 Å². The first-order valence-corrected chi connectivity index (χ1v) is 9.89. The number of hydrogen-bond acceptors (Lipinski definition) is 5. The molecule has 3 aromatic carbocycles. The highest BCUT2D eigenvalue weighted by atomic mass is 16.5. The third-order valence-electron chi connectivity index (χ3n) is 5.17. The molecule has 0 aliphatic heterocycles. The molecule has 3 aromatic rings. The van der Waals surface area contributed by atoms with E-state index in [-0.39, 0.29) is 24.5 Å². The fourth-order valence-corrected chi connectivity index (χ4v) is 3.34. The van der Waals surface area contributed by atoms with Crippen LogP contribution < -0.4 is 14.2 Å². The Morgan fingerprint density at radius 2 is 1.52 bits per heavy atom. The van der Waals surface area contributed by atoms with Gasteiger partial charge in [0.2, 0.25) is 0 Å². The van der Waals surface area contributed by atoms with Gasteiger partial charge in [-0.1, -0.05) is 44.2 Å². The third kappa shape index (κ3) is 5.09. The van der Waals surface area contributed by atoms with E-state index in [0.29, 0.717) is 17.1 Å². The fraction of sp³-hybridized carbons (Fsp3) is 0.240. The van der Waals surface area contributed by atoms with Crippen molar-refractivity contribution in [2.75, 3.05) is 20.3 Å². The first-order chi connectivity index (χ1) is 14.8. The molecule has 0 bridgehead atoms. The van der Waals surface area contributed by atoms with Crippen LogP contribution in [-0.2, 0) is 5.41 Å². The van der Waals surface area contributed by atoms with E-state index in [1.165, 1.54) is 12.1 Å². The summed E-state index contributed by atoms with van der Waals surface area (Å²) >= 11 is 0. The van der Waals surface area contributed by atoms with E-state index in [0.717, 1.165) is 11.3 Å². The molecule has 3 rings (SSSR count). The van der Waals surface area contributed by atoms with Crippen molar-refractivity contribution >= 4 is 5.97 Å². The molecule has 0 saturated carbocycles. The van der Waals surface area contributed by atoms with Crippen LogP contribution in [0.25, 0.3) is 0 Å². The Bertz CT molecular complexity index is 1030. The van der Waals surface area contributed by atoms with Crippen molar-refractivity contribution in [1.82, 2.24) is 0 Å². The van der Waals surface area contributed by atoms with E-state index < -0.39 is 11.4 Å². The number of aromatic hydroxyl groups is 1. The second kappa shape index (κ2) is 9.43. The van der Waals surface area contributed by atoms with Crippen molar-refractivity contribution in [2.24, 2.45) is 0 Å². The van der Waals surface area contributed by atoms with Gasteiger partial charge in [0, 0.05) is 17.0 Å². The van der Waals surface area contributed by atoms with Gasteiger partial charge in [0.05, 0.1) is 7.11 Å². The lowest BCUT2D eigenvalue weighted by molar-refractivity contribution is 0.0693. The van der Waals surface area contributed by atoms with Crippen molar-refractivity contribution in [2.45, 2.75) is 19.3 Å². The zero-order valence-corrected chi connectivity index (χ0v) is 17.8. The van der Waals surface area contributed by atoms with Gasteiger partial charge in [-0.3, -0.25) is 0 Å². The zero-order chi connectivity index (χ0) is 22.4. The minimum Gasteiger partial charge on any atom is -0.507 e. The Labute approximate surface area is 181 Å². The number of benzene rings is 3. The highest BCUT2D eigenvalue weighted by molar-refractivity contribution is 5.91. The topological polar surface area (TPSA) is 85.2 Å². The predicted octanol–water partition coefficient (Wildman–Crippen LogP) is 4.88. The number of rotatable bonds is 9. The zero-order valence-electron chi connectivity index (χ0n) is 17.8. The molecule has 0 unspecified atom stereocenters. The van der Waals surface area contributed by atoms with Crippen LogP contribution >= 0.6 is 0 Å². The lowest BCUT2D eigenvalue weighted by Gasteiger charge is -2.29. The molecule has 0 saturated heterocycles. The van der Waals surface area contributed by atoms with Crippen LogP contribution in [0.4, 0.5) is 0 Å². The molecule has 0 aliphatic carbocycles. The Balaban J connectivity index is 1.81. The number of methoxy groups -OCH3 is 1. The Morgan fingerprint density at radius 3 is 2.13 bits per heavy atom. The molecule has 0 radical (unpaired) electrons. The normalized spacial score (nSPS) is 11.1. The standard InChI is InChI=1S/C25H26O6/c1-25(2,17-7-5-4-6-8-17)21-15-20(24(27)28)22(26)16-23(21)31-14-13-30-19-11-9-18(29-3)10-12-19/h4-12,15-16,26H,13-14H2,1-3H3,(H,27,28). The first kappa shape index (κ1) is 22.0. The molecule has 31 heavy (non-hydrogen) atoms. The van der Waals surface area contributed by atoms with Gasteiger partial charge in [0.15, 0.2) is 0 Å². The van der Waals surface area contributed by atoms with E-state index in [1.807, 2.05) is 44.2 Å². The van der Waals surface area contributed by atoms with Gasteiger partial charge < -0.3 is 24.4 Å². The summed E-state index contributed by atoms with van der Waals surface area (Å²) in [6.07, 6.45) is 0. The number of hydrogen-bond donors (Lipinski definition) is 2. The summed E-state index contributed by atoms with van der Waals surface area (Å²) < 4.78 is 16.7. The van der Waals surface area contributed by atoms with Gasteiger partial charge in [0.1, 0.15) is 41.8 Å². The summed E-state index contributed by atoms with van der Waals surface area (Å²) in [6.45, 7) is 4.47. The lowest BCUT2D eigenvalue weighted by Crippen LogP contribution is -2.22. The highest BCUT2D eigenvalue weighted by Crippen LogP contribution is 2.40. The van der Waals surface area contributed by atoms with Crippen molar-refractivity contribution in [3.63, 3.8) is 0 Å². The van der Waals surface area contributed by atoms with E-state index in [4.69, 9.17) is 14.2 Å². The smallest absolute Gasteiger partial charge is 0.339 e. The number of ether oxygens (including phenoxy) is 3. The summed E-state index contributed by atoms with van der Waals surface area (Å²) in [5, 5.41) is 19.7. The van der Waals surface area contributed by atoms with Crippen LogP contribution in [0.2, 0.25) is 0 Å². The highest BCUT2D eigenvalue weighted by Gasteiger charge is 2.29. The lowest BCUT2D eigenvalue weighted by atomic mass is 9.77. The number of aromatic carboxylic acids is 1. The average Bonchev–Trinajstić information content (AvgIpc) is 2.77. The monoisotopic (exact) mass is 422 g/mol. The van der Waals surface area contributed by atoms with Gasteiger partial charge in [-0.25, -0.2) is 4.79 Å². The van der Waals surface area contributed by atoms with Crippen LogP contribution in [-0.4, -0.2) is 36.5 Å². The van der Waals surface area contributed by atoms with Gasteiger partial charge >= 0.3 is 5.97 Å². The summed E-state index contributed by atoms with van der Waals surface area (Å²) in [4.78, 5) is 11.6. The Hall–Kier alpha value is -3.67.